The van der Waals surface area contributed by atoms with Crippen molar-refractivity contribution in [2.24, 2.45) is 0 Å². The van der Waals surface area contributed by atoms with E-state index >= 15 is 0 Å². The van der Waals surface area contributed by atoms with Crippen molar-refractivity contribution in [2.75, 3.05) is 0 Å². The van der Waals surface area contributed by atoms with Crippen molar-refractivity contribution < 1.29 is 4.79 Å². The van der Waals surface area contributed by atoms with E-state index in [1.54, 1.807) is 0 Å². The molecule has 0 aromatic heterocycles. The second-order valence-electron chi connectivity index (χ2n) is 7.15. The van der Waals surface area contributed by atoms with Crippen molar-refractivity contribution in [3.05, 3.63) is 41.3 Å². The normalized spacial score (nSPS) is 12.7. The van der Waals surface area contributed by atoms with Crippen LogP contribution in [-0.4, -0.2) is 30.3 Å². The van der Waals surface area contributed by atoms with Crippen LogP contribution < -0.4 is 0 Å². The number of carbonyl (C=O) groups is 1. The van der Waals surface area contributed by atoms with E-state index < -0.39 is 0 Å². The molecule has 0 amide bonds. The summed E-state index contributed by atoms with van der Waals surface area (Å²) in [5.74, 6) is 1.45. The summed E-state index contributed by atoms with van der Waals surface area (Å²) in [7, 11) is 2.72. The molecule has 2 unspecified atom stereocenters. The summed E-state index contributed by atoms with van der Waals surface area (Å²) >= 11 is 0. The molecule has 0 bridgehead atoms. The topological polar surface area (TPSA) is 17.1 Å². The molecular formula is C20H33LiOP. The Morgan fingerprint density at radius 1 is 1.00 bits per heavy atom. The molecule has 0 heterocycles. The van der Waals surface area contributed by atoms with Gasteiger partial charge in [0.25, 0.3) is 0 Å². The van der Waals surface area contributed by atoms with Gasteiger partial charge in [-0.2, -0.15) is 0 Å². The first-order chi connectivity index (χ1) is 10.2. The molecule has 1 nitrogen and oxygen atoms in total. The van der Waals surface area contributed by atoms with Crippen LogP contribution in [-0.2, 0) is 0 Å². The summed E-state index contributed by atoms with van der Waals surface area (Å²) in [4.78, 5) is 13.0. The van der Waals surface area contributed by atoms with E-state index in [2.05, 4.69) is 69.8 Å². The Hall–Kier alpha value is -0.0826. The Balaban J connectivity index is 0.00000484. The Morgan fingerprint density at radius 2 is 1.43 bits per heavy atom. The number of ketones is 1. The number of Topliss-reactive ketones (excluding diaryl/α,β-unsaturated/α-hetero) is 1. The van der Waals surface area contributed by atoms with Crippen LogP contribution in [0.25, 0.3) is 0 Å². The number of benzene rings is 1. The molecule has 0 fully saturated rings. The molecule has 0 saturated carbocycles. The van der Waals surface area contributed by atoms with E-state index in [1.807, 2.05) is 0 Å². The van der Waals surface area contributed by atoms with Crippen molar-refractivity contribution in [1.29, 1.82) is 0 Å². The monoisotopic (exact) mass is 327 g/mol. The van der Waals surface area contributed by atoms with Gasteiger partial charge in [0.1, 0.15) is 0 Å². The van der Waals surface area contributed by atoms with Crippen LogP contribution >= 0.6 is 9.24 Å². The average molecular weight is 327 g/mol. The van der Waals surface area contributed by atoms with Gasteiger partial charge >= 0.3 is 18.9 Å². The molecule has 125 valence electrons. The standard InChI is InChI=1S/C20H32OP.Li.H/c1-8-9-18(22)20(21)19-16(13(4)5)10-15(12(2)3)11-17(19)14(6)7;;/h10-14,18H,1,8-9,22H2,2-7H3;;. The predicted octanol–water partition coefficient (Wildman–Crippen LogP) is 5.45. The molecule has 2 atom stereocenters. The van der Waals surface area contributed by atoms with Gasteiger partial charge in [-0.3, -0.25) is 4.79 Å². The van der Waals surface area contributed by atoms with Crippen LogP contribution in [0.1, 0.15) is 99.2 Å². The number of carbonyl (C=O) groups excluding carboxylic acids is 1. The van der Waals surface area contributed by atoms with Crippen molar-refractivity contribution in [3.63, 3.8) is 0 Å². The maximum absolute atomic E-state index is 13.0. The van der Waals surface area contributed by atoms with Gasteiger partial charge < -0.3 is 0 Å². The molecule has 0 saturated heterocycles. The zero-order chi connectivity index (χ0) is 17.0. The summed E-state index contributed by atoms with van der Waals surface area (Å²) in [5, 5.41) is 0. The van der Waals surface area contributed by atoms with Gasteiger partial charge in [0.05, 0.1) is 0 Å². The summed E-state index contributed by atoms with van der Waals surface area (Å²) in [6.45, 7) is 17.0. The van der Waals surface area contributed by atoms with Crippen LogP contribution in [0.4, 0.5) is 0 Å². The van der Waals surface area contributed by atoms with Crippen LogP contribution in [0.15, 0.2) is 12.1 Å². The Morgan fingerprint density at radius 3 is 1.74 bits per heavy atom. The minimum absolute atomic E-state index is 0. The Kier molecular flexibility index (Phi) is 10.00. The zero-order valence-corrected chi connectivity index (χ0v) is 16.2. The van der Waals surface area contributed by atoms with E-state index in [-0.39, 0.29) is 30.3 Å². The molecule has 0 aliphatic heterocycles. The van der Waals surface area contributed by atoms with Gasteiger partial charge in [-0.1, -0.05) is 67.0 Å². The number of rotatable bonds is 7. The third kappa shape index (κ3) is 5.74. The fourth-order valence-electron chi connectivity index (χ4n) is 2.78. The van der Waals surface area contributed by atoms with Crippen LogP contribution in [0.2, 0.25) is 0 Å². The van der Waals surface area contributed by atoms with E-state index in [0.29, 0.717) is 17.8 Å². The quantitative estimate of drug-likeness (QED) is 0.370. The van der Waals surface area contributed by atoms with Crippen LogP contribution in [0.3, 0.4) is 0 Å². The molecule has 1 rings (SSSR count). The molecule has 0 N–H and O–H groups in total. The van der Waals surface area contributed by atoms with E-state index in [4.69, 9.17) is 0 Å². The Labute approximate surface area is 157 Å². The van der Waals surface area contributed by atoms with Gasteiger partial charge in [-0.25, -0.2) is 0 Å². The molecule has 23 heavy (non-hydrogen) atoms. The fourth-order valence-corrected chi connectivity index (χ4v) is 3.18. The second kappa shape index (κ2) is 10.0. The van der Waals surface area contributed by atoms with Gasteiger partial charge in [-0.05, 0) is 40.9 Å². The van der Waals surface area contributed by atoms with Crippen molar-refractivity contribution in [1.82, 2.24) is 0 Å². The number of hydrogen-bond acceptors (Lipinski definition) is 1. The Bertz CT molecular complexity index is 491. The zero-order valence-electron chi connectivity index (χ0n) is 15.1. The van der Waals surface area contributed by atoms with Gasteiger partial charge in [0.2, 0.25) is 0 Å². The fraction of sp³-hybridized carbons (Fsp3) is 0.600. The molecule has 0 aliphatic rings. The second-order valence-corrected chi connectivity index (χ2v) is 7.96. The summed E-state index contributed by atoms with van der Waals surface area (Å²) in [5.41, 5.74) is 4.68. The van der Waals surface area contributed by atoms with E-state index in [9.17, 15) is 4.79 Å². The van der Waals surface area contributed by atoms with E-state index in [0.717, 1.165) is 18.4 Å². The summed E-state index contributed by atoms with van der Waals surface area (Å²) in [6, 6.07) is 4.49. The van der Waals surface area contributed by atoms with Gasteiger partial charge in [-0.15, -0.1) is 9.24 Å². The summed E-state index contributed by atoms with van der Waals surface area (Å²) < 4.78 is 0. The third-order valence-corrected chi connectivity index (χ3v) is 4.87. The third-order valence-electron chi connectivity index (χ3n) is 4.23. The molecule has 0 aliphatic carbocycles. The average Bonchev–Trinajstić information content (AvgIpc) is 2.44. The van der Waals surface area contributed by atoms with Crippen molar-refractivity contribution >= 4 is 33.9 Å². The van der Waals surface area contributed by atoms with Gasteiger partial charge in [0, 0.05) is 11.2 Å². The van der Waals surface area contributed by atoms with Crippen molar-refractivity contribution in [3.8, 4) is 0 Å². The first kappa shape index (κ1) is 22.9. The molecule has 1 aromatic rings. The minimum atomic E-state index is -0.0302. The molecule has 0 spiro atoms. The predicted molar refractivity (Wildman–Crippen MR) is 108 cm³/mol. The van der Waals surface area contributed by atoms with Gasteiger partial charge in [0.15, 0.2) is 5.78 Å². The number of hydrogen-bond donors (Lipinski definition) is 0. The first-order valence-corrected chi connectivity index (χ1v) is 9.14. The van der Waals surface area contributed by atoms with Crippen molar-refractivity contribution in [2.45, 2.75) is 77.8 Å². The maximum atomic E-state index is 13.0. The first-order valence-electron chi connectivity index (χ1n) is 8.47. The van der Waals surface area contributed by atoms with Crippen LogP contribution in [0, 0.1) is 6.92 Å². The molecule has 3 heteroatoms. The summed E-state index contributed by atoms with van der Waals surface area (Å²) in [6.07, 6.45) is 1.61. The van der Waals surface area contributed by atoms with E-state index in [1.165, 1.54) is 16.7 Å². The molecule has 1 radical (unpaired) electrons. The molecule has 1 aromatic carbocycles. The molecular weight excluding hydrogens is 294 g/mol. The SMILES string of the molecule is [CH2]CCC(P)C(=O)c1c(C(C)C)cc(C(C)C)cc1C(C)C.[LiH]. The van der Waals surface area contributed by atoms with Crippen LogP contribution in [0.5, 0.6) is 0 Å².